The second-order valence-corrected chi connectivity index (χ2v) is 10.2. The number of benzene rings is 2. The van der Waals surface area contributed by atoms with Gasteiger partial charge in [0.05, 0.1) is 19.6 Å². The largest absolute Gasteiger partial charge is 0.506 e. The molecule has 0 bridgehead atoms. The number of aromatic hydroxyl groups is 1. The van der Waals surface area contributed by atoms with E-state index >= 15 is 0 Å². The van der Waals surface area contributed by atoms with Crippen molar-refractivity contribution in [1.82, 2.24) is 4.90 Å². The number of fused-ring (bicyclic) bond motifs is 1. The van der Waals surface area contributed by atoms with Crippen LogP contribution in [0.2, 0.25) is 0 Å². The molecule has 8 heteroatoms. The molecule has 38 heavy (non-hydrogen) atoms. The Morgan fingerprint density at radius 3 is 2.66 bits per heavy atom. The van der Waals surface area contributed by atoms with Crippen LogP contribution in [-0.2, 0) is 27.2 Å². The van der Waals surface area contributed by atoms with Crippen LogP contribution in [0.15, 0.2) is 36.4 Å². The number of aryl methyl sites for hydroxylation is 1. The molecule has 1 aliphatic heterocycles. The molecule has 4 rings (SSSR count). The van der Waals surface area contributed by atoms with Crippen LogP contribution >= 0.6 is 0 Å². The van der Waals surface area contributed by atoms with E-state index in [-0.39, 0.29) is 30.0 Å². The lowest BCUT2D eigenvalue weighted by atomic mass is 9.93. The van der Waals surface area contributed by atoms with E-state index in [4.69, 9.17) is 9.47 Å². The Kier molecular flexibility index (Phi) is 10.4. The minimum absolute atomic E-state index is 0.00893. The molecule has 0 atom stereocenters. The monoisotopic (exact) mass is 526 g/mol. The standard InChI is InChI=1S/C30H39FN2O5/c31-25-13-7-6-9-22(25)16-19-37-20-17-28(36)33(24-11-4-1-5-12-24)18-8-2-3-10-23-14-15-26(34)29-30(23)38-21-27(35)32-29/h6-7,9,13-15,24,34H,1-5,8,10-12,16-21H2,(H,32,35). The first-order valence-electron chi connectivity index (χ1n) is 13.9. The Balaban J connectivity index is 1.21. The van der Waals surface area contributed by atoms with Gasteiger partial charge in [0.2, 0.25) is 5.91 Å². The number of nitrogens with zero attached hydrogens (tertiary/aromatic N) is 1. The number of anilines is 1. The third-order valence-electron chi connectivity index (χ3n) is 7.44. The van der Waals surface area contributed by atoms with Crippen LogP contribution in [0, 0.1) is 5.82 Å². The number of carbonyl (C=O) groups is 2. The van der Waals surface area contributed by atoms with E-state index in [1.54, 1.807) is 18.2 Å². The minimum Gasteiger partial charge on any atom is -0.506 e. The Morgan fingerprint density at radius 1 is 1.03 bits per heavy atom. The number of nitrogens with one attached hydrogen (secondary N) is 1. The molecule has 2 N–H and O–H groups in total. The fraction of sp³-hybridized carbons (Fsp3) is 0.533. The van der Waals surface area contributed by atoms with Crippen molar-refractivity contribution in [2.24, 2.45) is 0 Å². The van der Waals surface area contributed by atoms with E-state index in [0.717, 1.165) is 63.5 Å². The van der Waals surface area contributed by atoms with E-state index in [9.17, 15) is 19.1 Å². The van der Waals surface area contributed by atoms with Gasteiger partial charge < -0.3 is 24.8 Å². The van der Waals surface area contributed by atoms with Gasteiger partial charge in [0.15, 0.2) is 12.4 Å². The topological polar surface area (TPSA) is 88.1 Å². The van der Waals surface area contributed by atoms with Crippen LogP contribution in [0.25, 0.3) is 0 Å². The SMILES string of the molecule is O=C1COc2c(CCCCCN(C(=O)CCOCCc3ccccc3F)C3CCCCC3)ccc(O)c2N1. The molecule has 1 aliphatic carbocycles. The number of phenolic OH excluding ortho intramolecular Hbond substituents is 1. The second-order valence-electron chi connectivity index (χ2n) is 10.2. The maximum atomic E-state index is 13.8. The van der Waals surface area contributed by atoms with E-state index in [2.05, 4.69) is 10.2 Å². The first-order valence-corrected chi connectivity index (χ1v) is 13.9. The van der Waals surface area contributed by atoms with Crippen molar-refractivity contribution in [3.05, 3.63) is 53.3 Å². The minimum atomic E-state index is -0.270. The highest BCUT2D eigenvalue weighted by atomic mass is 19.1. The molecule has 2 amide bonds. The Hall–Kier alpha value is -3.13. The van der Waals surface area contributed by atoms with Crippen LogP contribution < -0.4 is 10.1 Å². The van der Waals surface area contributed by atoms with Crippen molar-refractivity contribution in [2.75, 3.05) is 31.7 Å². The summed E-state index contributed by atoms with van der Waals surface area (Å²) in [5, 5.41) is 12.7. The number of carbonyl (C=O) groups excluding carboxylic acids is 2. The van der Waals surface area contributed by atoms with Gasteiger partial charge in [0.1, 0.15) is 17.3 Å². The van der Waals surface area contributed by atoms with Crippen molar-refractivity contribution >= 4 is 17.5 Å². The predicted octanol–water partition coefficient (Wildman–Crippen LogP) is 5.39. The molecule has 2 aliphatic rings. The van der Waals surface area contributed by atoms with Crippen molar-refractivity contribution in [2.45, 2.75) is 76.7 Å². The summed E-state index contributed by atoms with van der Waals surface area (Å²) in [5.41, 5.74) is 1.95. The maximum absolute atomic E-state index is 13.8. The molecule has 0 unspecified atom stereocenters. The summed E-state index contributed by atoms with van der Waals surface area (Å²) in [6, 6.07) is 10.4. The molecule has 0 spiro atoms. The van der Waals surface area contributed by atoms with Gasteiger partial charge in [0, 0.05) is 12.6 Å². The van der Waals surface area contributed by atoms with E-state index in [0.29, 0.717) is 49.1 Å². The fourth-order valence-corrected chi connectivity index (χ4v) is 5.38. The lowest BCUT2D eigenvalue weighted by Gasteiger charge is -2.34. The van der Waals surface area contributed by atoms with Crippen molar-refractivity contribution in [3.63, 3.8) is 0 Å². The second kappa shape index (κ2) is 14.1. The number of amides is 2. The summed E-state index contributed by atoms with van der Waals surface area (Å²) >= 11 is 0. The molecule has 2 aromatic rings. The van der Waals surface area contributed by atoms with Crippen molar-refractivity contribution in [3.8, 4) is 11.5 Å². The molecule has 1 heterocycles. The summed E-state index contributed by atoms with van der Waals surface area (Å²) in [6.45, 7) is 1.43. The number of halogens is 1. The number of rotatable bonds is 13. The highest BCUT2D eigenvalue weighted by molar-refractivity contribution is 5.97. The molecule has 7 nitrogen and oxygen atoms in total. The highest BCUT2D eigenvalue weighted by Gasteiger charge is 2.25. The van der Waals surface area contributed by atoms with Gasteiger partial charge in [-0.1, -0.05) is 49.9 Å². The zero-order valence-electron chi connectivity index (χ0n) is 22.1. The molecule has 0 saturated heterocycles. The summed E-state index contributed by atoms with van der Waals surface area (Å²) in [7, 11) is 0. The smallest absolute Gasteiger partial charge is 0.262 e. The number of unbranched alkanes of at least 4 members (excludes halogenated alkanes) is 2. The Bertz CT molecular complexity index is 1090. The summed E-state index contributed by atoms with van der Waals surface area (Å²) in [4.78, 5) is 26.8. The first kappa shape index (κ1) is 27.9. The highest BCUT2D eigenvalue weighted by Crippen LogP contribution is 2.39. The summed E-state index contributed by atoms with van der Waals surface area (Å²) < 4.78 is 25.0. The lowest BCUT2D eigenvalue weighted by Crippen LogP contribution is -2.42. The Labute approximate surface area is 224 Å². The molecule has 2 aromatic carbocycles. The van der Waals surface area contributed by atoms with Crippen LogP contribution in [-0.4, -0.2) is 54.2 Å². The maximum Gasteiger partial charge on any atom is 0.262 e. The summed E-state index contributed by atoms with van der Waals surface area (Å²) in [5.74, 6) is 0.209. The van der Waals surface area contributed by atoms with Crippen molar-refractivity contribution < 1.29 is 28.6 Å². The fourth-order valence-electron chi connectivity index (χ4n) is 5.38. The van der Waals surface area contributed by atoms with Crippen LogP contribution in [0.3, 0.4) is 0 Å². The van der Waals surface area contributed by atoms with Crippen LogP contribution in [0.1, 0.15) is 68.9 Å². The number of hydrogen-bond acceptors (Lipinski definition) is 5. The Morgan fingerprint density at radius 2 is 1.84 bits per heavy atom. The van der Waals surface area contributed by atoms with Gasteiger partial charge in [0.25, 0.3) is 5.91 Å². The number of phenols is 1. The molecular weight excluding hydrogens is 487 g/mol. The average molecular weight is 527 g/mol. The normalized spacial score (nSPS) is 15.4. The van der Waals surface area contributed by atoms with Crippen LogP contribution in [0.4, 0.5) is 10.1 Å². The number of ether oxygens (including phenoxy) is 2. The van der Waals surface area contributed by atoms with Crippen molar-refractivity contribution in [1.29, 1.82) is 0 Å². The van der Waals surface area contributed by atoms with Crippen LogP contribution in [0.5, 0.6) is 11.5 Å². The van der Waals surface area contributed by atoms with E-state index < -0.39 is 0 Å². The number of hydrogen-bond donors (Lipinski definition) is 2. The van der Waals surface area contributed by atoms with Gasteiger partial charge >= 0.3 is 0 Å². The van der Waals surface area contributed by atoms with Gasteiger partial charge in [-0.2, -0.15) is 0 Å². The first-order chi connectivity index (χ1) is 18.5. The quantitative estimate of drug-likeness (QED) is 0.270. The van der Waals surface area contributed by atoms with Gasteiger partial charge in [-0.15, -0.1) is 0 Å². The van der Waals surface area contributed by atoms with E-state index in [1.165, 1.54) is 12.5 Å². The predicted molar refractivity (Wildman–Crippen MR) is 144 cm³/mol. The molecule has 0 aromatic heterocycles. The molecule has 1 saturated carbocycles. The zero-order chi connectivity index (χ0) is 26.7. The zero-order valence-corrected chi connectivity index (χ0v) is 22.1. The lowest BCUT2D eigenvalue weighted by molar-refractivity contribution is -0.135. The molecular formula is C30H39FN2O5. The summed E-state index contributed by atoms with van der Waals surface area (Å²) in [6.07, 6.45) is 10.1. The van der Waals surface area contributed by atoms with Gasteiger partial charge in [-0.3, -0.25) is 9.59 Å². The van der Waals surface area contributed by atoms with Gasteiger partial charge in [-0.05, 0) is 61.8 Å². The molecule has 1 fully saturated rings. The third kappa shape index (κ3) is 7.69. The van der Waals surface area contributed by atoms with E-state index in [1.807, 2.05) is 12.1 Å². The molecule has 0 radical (unpaired) electrons. The molecule has 206 valence electrons. The van der Waals surface area contributed by atoms with Gasteiger partial charge in [-0.25, -0.2) is 4.39 Å². The third-order valence-corrected chi connectivity index (χ3v) is 7.44. The average Bonchev–Trinajstić information content (AvgIpc) is 2.93.